The van der Waals surface area contributed by atoms with E-state index in [1.165, 1.54) is 10.9 Å². The highest BCUT2D eigenvalue weighted by atomic mass is 16.2. The minimum absolute atomic E-state index is 0.00161. The Hall–Kier alpha value is -2.30. The quantitative estimate of drug-likeness (QED) is 0.904. The zero-order chi connectivity index (χ0) is 14.3. The number of nitrogens with two attached hydrogens (primary N) is 1. The molecule has 0 radical (unpaired) electrons. The van der Waals surface area contributed by atoms with Gasteiger partial charge < -0.3 is 15.2 Å². The number of benzene rings is 1. The second-order valence-electron chi connectivity index (χ2n) is 5.35. The number of carbonyl (C=O) groups excluding carboxylic acids is 2. The van der Waals surface area contributed by atoms with Crippen LogP contribution in [0.3, 0.4) is 0 Å². The molecule has 5 nitrogen and oxygen atoms in total. The zero-order valence-corrected chi connectivity index (χ0v) is 11.4. The number of rotatable bonds is 3. The smallest absolute Gasteiger partial charge is 0.237 e. The van der Waals surface area contributed by atoms with Gasteiger partial charge in [-0.25, -0.2) is 0 Å². The molecule has 2 heterocycles. The van der Waals surface area contributed by atoms with Gasteiger partial charge in [0.2, 0.25) is 11.8 Å². The van der Waals surface area contributed by atoms with Crippen LogP contribution in [0.1, 0.15) is 17.9 Å². The number of amides is 2. The topological polar surface area (TPSA) is 68.3 Å². The Morgan fingerprint density at radius 3 is 2.90 bits per heavy atom. The minimum atomic E-state index is -0.461. The zero-order valence-electron chi connectivity index (χ0n) is 11.4. The second-order valence-corrected chi connectivity index (χ2v) is 5.35. The number of carbonyl (C=O) groups is 2. The van der Waals surface area contributed by atoms with Gasteiger partial charge in [0.05, 0.1) is 6.54 Å². The van der Waals surface area contributed by atoms with Gasteiger partial charge in [-0.15, -0.1) is 0 Å². The van der Waals surface area contributed by atoms with Crippen LogP contribution in [-0.4, -0.2) is 34.4 Å². The van der Waals surface area contributed by atoms with Crippen molar-refractivity contribution in [1.29, 1.82) is 0 Å². The number of hydrogen-bond donors (Lipinski definition) is 1. The van der Waals surface area contributed by atoms with E-state index in [1.807, 2.05) is 19.2 Å². The lowest BCUT2D eigenvalue weighted by Gasteiger charge is -2.14. The first-order valence-electron chi connectivity index (χ1n) is 6.66. The molecule has 1 aromatic carbocycles. The van der Waals surface area contributed by atoms with Gasteiger partial charge in [-0.05, 0) is 11.6 Å². The number of primary amides is 1. The van der Waals surface area contributed by atoms with Crippen LogP contribution in [0.2, 0.25) is 0 Å². The van der Waals surface area contributed by atoms with Crippen LogP contribution < -0.4 is 5.73 Å². The summed E-state index contributed by atoms with van der Waals surface area (Å²) in [6.07, 6.45) is 2.53. The fourth-order valence-corrected chi connectivity index (χ4v) is 3.02. The van der Waals surface area contributed by atoms with Gasteiger partial charge in [0.25, 0.3) is 0 Å². The third-order valence-corrected chi connectivity index (χ3v) is 3.93. The third kappa shape index (κ3) is 2.05. The van der Waals surface area contributed by atoms with Gasteiger partial charge >= 0.3 is 0 Å². The highest BCUT2D eigenvalue weighted by molar-refractivity contribution is 5.89. The number of nitrogens with zero attached hydrogens (tertiary/aromatic N) is 2. The second kappa shape index (κ2) is 4.67. The van der Waals surface area contributed by atoms with Crippen molar-refractivity contribution >= 4 is 22.7 Å². The van der Waals surface area contributed by atoms with E-state index in [1.54, 1.807) is 4.90 Å². The summed E-state index contributed by atoms with van der Waals surface area (Å²) in [5.74, 6) is -0.327. The first-order valence-corrected chi connectivity index (χ1v) is 6.66. The molecule has 2 aromatic rings. The Balaban J connectivity index is 1.93. The third-order valence-electron chi connectivity index (χ3n) is 3.93. The summed E-state index contributed by atoms with van der Waals surface area (Å²) in [6.45, 7) is 0.579. The summed E-state index contributed by atoms with van der Waals surface area (Å²) in [7, 11) is 2.00. The van der Waals surface area contributed by atoms with E-state index >= 15 is 0 Å². The van der Waals surface area contributed by atoms with E-state index in [-0.39, 0.29) is 18.4 Å². The number of fused-ring (bicyclic) bond motifs is 1. The van der Waals surface area contributed by atoms with Crippen LogP contribution in [0, 0.1) is 0 Å². The van der Waals surface area contributed by atoms with Crippen molar-refractivity contribution < 1.29 is 9.59 Å². The predicted molar refractivity (Wildman–Crippen MR) is 76.1 cm³/mol. The van der Waals surface area contributed by atoms with Gasteiger partial charge in [0.15, 0.2) is 0 Å². The van der Waals surface area contributed by atoms with E-state index in [2.05, 4.69) is 22.9 Å². The highest BCUT2D eigenvalue weighted by Crippen LogP contribution is 2.33. The van der Waals surface area contributed by atoms with Crippen LogP contribution in [-0.2, 0) is 16.6 Å². The van der Waals surface area contributed by atoms with E-state index in [0.29, 0.717) is 13.0 Å². The molecule has 5 heteroatoms. The van der Waals surface area contributed by atoms with E-state index in [0.717, 1.165) is 5.52 Å². The van der Waals surface area contributed by atoms with Crippen LogP contribution in [0.15, 0.2) is 30.5 Å². The van der Waals surface area contributed by atoms with Gasteiger partial charge in [-0.3, -0.25) is 9.59 Å². The summed E-state index contributed by atoms with van der Waals surface area (Å²) in [4.78, 5) is 24.5. The first kappa shape index (κ1) is 12.7. The summed E-state index contributed by atoms with van der Waals surface area (Å²) in [6, 6.07) is 8.15. The van der Waals surface area contributed by atoms with Gasteiger partial charge in [0.1, 0.15) is 0 Å². The maximum absolute atomic E-state index is 11.9. The molecule has 0 aliphatic carbocycles. The molecule has 1 aliphatic heterocycles. The fraction of sp³-hybridized carbons (Fsp3) is 0.333. The first-order chi connectivity index (χ1) is 9.56. The predicted octanol–water partition coefficient (Wildman–Crippen LogP) is 0.979. The van der Waals surface area contributed by atoms with Crippen molar-refractivity contribution in [3.05, 3.63) is 36.0 Å². The molecule has 2 amide bonds. The lowest BCUT2D eigenvalue weighted by Crippen LogP contribution is -2.34. The van der Waals surface area contributed by atoms with E-state index < -0.39 is 5.91 Å². The number of hydrogen-bond acceptors (Lipinski definition) is 2. The summed E-state index contributed by atoms with van der Waals surface area (Å²) >= 11 is 0. The molecule has 1 fully saturated rings. The summed E-state index contributed by atoms with van der Waals surface area (Å²) in [5.41, 5.74) is 7.50. The van der Waals surface area contributed by atoms with Crippen LogP contribution in [0.5, 0.6) is 0 Å². The molecule has 0 saturated carbocycles. The normalized spacial score (nSPS) is 18.9. The molecule has 2 N–H and O–H groups in total. The van der Waals surface area contributed by atoms with Crippen molar-refractivity contribution in [3.8, 4) is 0 Å². The Bertz CT molecular complexity index is 689. The maximum atomic E-state index is 11.9. The van der Waals surface area contributed by atoms with E-state index in [4.69, 9.17) is 5.73 Å². The Kier molecular flexibility index (Phi) is 2.97. The van der Waals surface area contributed by atoms with Crippen LogP contribution in [0.4, 0.5) is 0 Å². The SMILES string of the molecule is Cn1cc(C2CC(=O)N(CC(N)=O)C2)c2ccccc21. The maximum Gasteiger partial charge on any atom is 0.237 e. The molecule has 1 saturated heterocycles. The number of likely N-dealkylation sites (tertiary alicyclic amines) is 1. The summed E-state index contributed by atoms with van der Waals surface area (Å²) in [5, 5.41) is 1.17. The van der Waals surface area contributed by atoms with Gasteiger partial charge in [-0.1, -0.05) is 18.2 Å². The molecule has 1 aromatic heterocycles. The average molecular weight is 271 g/mol. The molecule has 104 valence electrons. The van der Waals surface area contributed by atoms with Crippen molar-refractivity contribution in [2.24, 2.45) is 12.8 Å². The van der Waals surface area contributed by atoms with E-state index in [9.17, 15) is 9.59 Å². The molecule has 1 unspecified atom stereocenters. The molecule has 1 aliphatic rings. The summed E-state index contributed by atoms with van der Waals surface area (Å²) < 4.78 is 2.08. The van der Waals surface area contributed by atoms with Crippen molar-refractivity contribution in [2.75, 3.05) is 13.1 Å². The van der Waals surface area contributed by atoms with Crippen LogP contribution in [0.25, 0.3) is 10.9 Å². The molecule has 0 spiro atoms. The standard InChI is InChI=1S/C15H17N3O2/c1-17-8-12(11-4-2-3-5-13(11)17)10-6-15(20)18(7-10)9-14(16)19/h2-5,8,10H,6-7,9H2,1H3,(H2,16,19). The highest BCUT2D eigenvalue weighted by Gasteiger charge is 2.32. The Morgan fingerprint density at radius 2 is 2.15 bits per heavy atom. The molecule has 0 bridgehead atoms. The Labute approximate surface area is 117 Å². The van der Waals surface area contributed by atoms with Crippen molar-refractivity contribution in [2.45, 2.75) is 12.3 Å². The lowest BCUT2D eigenvalue weighted by molar-refractivity contribution is -0.132. The number of aryl methyl sites for hydroxylation is 1. The Morgan fingerprint density at radius 1 is 1.40 bits per heavy atom. The monoisotopic (exact) mass is 271 g/mol. The fourth-order valence-electron chi connectivity index (χ4n) is 3.02. The molecule has 20 heavy (non-hydrogen) atoms. The van der Waals surface area contributed by atoms with Gasteiger partial charge in [-0.2, -0.15) is 0 Å². The average Bonchev–Trinajstić information content (AvgIpc) is 2.92. The molecule has 3 rings (SSSR count). The molecular formula is C15H17N3O2. The van der Waals surface area contributed by atoms with Crippen molar-refractivity contribution in [3.63, 3.8) is 0 Å². The lowest BCUT2D eigenvalue weighted by atomic mass is 9.98. The largest absolute Gasteiger partial charge is 0.368 e. The molecular weight excluding hydrogens is 254 g/mol. The number of para-hydroxylation sites is 1. The molecule has 1 atom stereocenters. The van der Waals surface area contributed by atoms with Crippen molar-refractivity contribution in [1.82, 2.24) is 9.47 Å². The van der Waals surface area contributed by atoms with Crippen LogP contribution >= 0.6 is 0 Å². The van der Waals surface area contributed by atoms with Gasteiger partial charge in [0, 0.05) is 43.0 Å². The number of aromatic nitrogens is 1. The minimum Gasteiger partial charge on any atom is -0.368 e.